The fourth-order valence-corrected chi connectivity index (χ4v) is 4.06. The Morgan fingerprint density at radius 2 is 1.83 bits per heavy atom. The monoisotopic (exact) mass is 422 g/mol. The van der Waals surface area contributed by atoms with E-state index in [1.807, 2.05) is 60.0 Å². The molecule has 0 unspecified atom stereocenters. The zero-order valence-corrected chi connectivity index (χ0v) is 17.3. The van der Waals surface area contributed by atoms with E-state index in [0.29, 0.717) is 12.0 Å². The van der Waals surface area contributed by atoms with Gasteiger partial charge in [-0.05, 0) is 23.6 Å². The summed E-state index contributed by atoms with van der Waals surface area (Å²) in [5, 5.41) is 18.4. The van der Waals surface area contributed by atoms with Gasteiger partial charge in [-0.3, -0.25) is 4.79 Å². The number of aliphatic hydroxyl groups is 1. The van der Waals surface area contributed by atoms with Crippen molar-refractivity contribution in [2.24, 2.45) is 0 Å². The van der Waals surface area contributed by atoms with Gasteiger partial charge in [0.05, 0.1) is 43.2 Å². The van der Waals surface area contributed by atoms with Crippen molar-refractivity contribution < 1.29 is 14.6 Å². The topological polar surface area (TPSA) is 73.6 Å². The molecule has 0 aliphatic carbocycles. The van der Waals surface area contributed by atoms with Crippen LogP contribution in [0.4, 0.5) is 0 Å². The van der Waals surface area contributed by atoms with Crippen LogP contribution in [0.25, 0.3) is 21.3 Å². The van der Waals surface area contributed by atoms with Crippen molar-refractivity contribution in [1.29, 1.82) is 0 Å². The van der Waals surface area contributed by atoms with Crippen LogP contribution in [0, 0.1) is 0 Å². The van der Waals surface area contributed by atoms with Gasteiger partial charge in [0, 0.05) is 10.9 Å². The maximum Gasteiger partial charge on any atom is 0.274 e. The molecule has 6 nitrogen and oxygen atoms in total. The third-order valence-corrected chi connectivity index (χ3v) is 5.64. The molecule has 1 atom stereocenters. The number of thiophene rings is 1. The molecule has 0 bridgehead atoms. The summed E-state index contributed by atoms with van der Waals surface area (Å²) in [5.74, 6) is 0.736. The molecular formula is C23H22N2O4S. The van der Waals surface area contributed by atoms with Crippen molar-refractivity contribution in [2.45, 2.75) is 19.3 Å². The predicted molar refractivity (Wildman–Crippen MR) is 118 cm³/mol. The first kappa shape index (κ1) is 20.3. The second-order valence-electron chi connectivity index (χ2n) is 6.84. The first-order valence-corrected chi connectivity index (χ1v) is 10.5. The Balaban J connectivity index is 1.52. The van der Waals surface area contributed by atoms with Crippen LogP contribution < -0.4 is 10.3 Å². The molecule has 1 N–H and O–H groups in total. The summed E-state index contributed by atoms with van der Waals surface area (Å²) in [4.78, 5) is 13.9. The fourth-order valence-electron chi connectivity index (χ4n) is 3.33. The van der Waals surface area contributed by atoms with Gasteiger partial charge in [0.25, 0.3) is 5.56 Å². The number of methoxy groups -OCH3 is 1. The lowest BCUT2D eigenvalue weighted by Gasteiger charge is -2.15. The molecular weight excluding hydrogens is 400 g/mol. The Hall–Kier alpha value is -3.00. The smallest absolute Gasteiger partial charge is 0.274 e. The Morgan fingerprint density at radius 3 is 2.60 bits per heavy atom. The van der Waals surface area contributed by atoms with Crippen molar-refractivity contribution in [2.75, 3.05) is 13.7 Å². The molecule has 2 heterocycles. The Kier molecular flexibility index (Phi) is 6.23. The molecule has 0 fully saturated rings. The SMILES string of the molecule is COc1ccccc1COC[C@H](O)Cn1nc(-c2cccs2)c2ccccc2c1=O. The summed E-state index contributed by atoms with van der Waals surface area (Å²) in [6.45, 7) is 0.433. The van der Waals surface area contributed by atoms with E-state index in [1.165, 1.54) is 4.68 Å². The van der Waals surface area contributed by atoms with E-state index in [-0.39, 0.29) is 18.7 Å². The van der Waals surface area contributed by atoms with Crippen LogP contribution in [0.3, 0.4) is 0 Å². The average Bonchev–Trinajstić information content (AvgIpc) is 3.31. The quantitative estimate of drug-likeness (QED) is 0.469. The number of ether oxygens (including phenoxy) is 2. The normalized spacial score (nSPS) is 12.2. The molecule has 0 aliphatic rings. The van der Waals surface area contributed by atoms with Gasteiger partial charge in [-0.1, -0.05) is 42.5 Å². The van der Waals surface area contributed by atoms with Gasteiger partial charge in [0.1, 0.15) is 11.4 Å². The van der Waals surface area contributed by atoms with Crippen molar-refractivity contribution >= 4 is 22.1 Å². The molecule has 0 aliphatic heterocycles. The largest absolute Gasteiger partial charge is 0.496 e. The van der Waals surface area contributed by atoms with Gasteiger partial charge in [-0.2, -0.15) is 5.10 Å². The van der Waals surface area contributed by atoms with Gasteiger partial charge < -0.3 is 14.6 Å². The van der Waals surface area contributed by atoms with Crippen LogP contribution in [0.2, 0.25) is 0 Å². The van der Waals surface area contributed by atoms with E-state index in [9.17, 15) is 9.90 Å². The van der Waals surface area contributed by atoms with E-state index in [4.69, 9.17) is 9.47 Å². The average molecular weight is 423 g/mol. The van der Waals surface area contributed by atoms with Gasteiger partial charge in [0.15, 0.2) is 0 Å². The summed E-state index contributed by atoms with van der Waals surface area (Å²) in [7, 11) is 1.61. The summed E-state index contributed by atoms with van der Waals surface area (Å²) in [6, 6.07) is 18.9. The number of fused-ring (bicyclic) bond motifs is 1. The minimum Gasteiger partial charge on any atom is -0.496 e. The van der Waals surface area contributed by atoms with Crippen LogP contribution >= 0.6 is 11.3 Å². The van der Waals surface area contributed by atoms with Gasteiger partial charge in [-0.25, -0.2) is 4.68 Å². The molecule has 2 aromatic carbocycles. The van der Waals surface area contributed by atoms with E-state index in [2.05, 4.69) is 5.10 Å². The lowest BCUT2D eigenvalue weighted by atomic mass is 10.1. The maximum absolute atomic E-state index is 12.9. The van der Waals surface area contributed by atoms with E-state index >= 15 is 0 Å². The van der Waals surface area contributed by atoms with Crippen LogP contribution in [-0.4, -0.2) is 34.7 Å². The minimum atomic E-state index is -0.873. The third kappa shape index (κ3) is 4.28. The lowest BCUT2D eigenvalue weighted by Crippen LogP contribution is -2.31. The Labute approximate surface area is 177 Å². The highest BCUT2D eigenvalue weighted by Crippen LogP contribution is 2.28. The fraction of sp³-hybridized carbons (Fsp3) is 0.217. The summed E-state index contributed by atoms with van der Waals surface area (Å²) in [6.07, 6.45) is -0.873. The molecule has 30 heavy (non-hydrogen) atoms. The van der Waals surface area contributed by atoms with Crippen LogP contribution in [-0.2, 0) is 17.9 Å². The zero-order chi connectivity index (χ0) is 20.9. The summed E-state index contributed by atoms with van der Waals surface area (Å²) in [5.41, 5.74) is 1.41. The highest BCUT2D eigenvalue weighted by molar-refractivity contribution is 7.13. The molecule has 4 aromatic rings. The molecule has 154 valence electrons. The molecule has 0 spiro atoms. The van der Waals surface area contributed by atoms with Crippen molar-refractivity contribution in [3.8, 4) is 16.3 Å². The van der Waals surface area contributed by atoms with Gasteiger partial charge in [-0.15, -0.1) is 11.3 Å². The number of para-hydroxylation sites is 1. The summed E-state index contributed by atoms with van der Waals surface area (Å²) >= 11 is 1.56. The number of hydrogen-bond donors (Lipinski definition) is 1. The zero-order valence-electron chi connectivity index (χ0n) is 16.5. The summed E-state index contributed by atoms with van der Waals surface area (Å²) < 4.78 is 12.3. The first-order valence-electron chi connectivity index (χ1n) is 9.59. The standard InChI is InChI=1S/C23H22N2O4S/c1-28-20-10-5-2-7-16(20)14-29-15-17(26)13-25-23(27)19-9-4-3-8-18(19)22(24-25)21-11-6-12-30-21/h2-12,17,26H,13-15H2,1H3/t17-/m1/s1. The van der Waals surface area contributed by atoms with Gasteiger partial charge >= 0.3 is 0 Å². The van der Waals surface area contributed by atoms with Crippen LogP contribution in [0.5, 0.6) is 5.75 Å². The Morgan fingerprint density at radius 1 is 1.07 bits per heavy atom. The highest BCUT2D eigenvalue weighted by atomic mass is 32.1. The highest BCUT2D eigenvalue weighted by Gasteiger charge is 2.15. The number of rotatable bonds is 8. The van der Waals surface area contributed by atoms with E-state index < -0.39 is 6.10 Å². The van der Waals surface area contributed by atoms with Crippen LogP contribution in [0.15, 0.2) is 70.8 Å². The molecule has 0 saturated carbocycles. The molecule has 7 heteroatoms. The Bertz CT molecular complexity index is 1190. The molecule has 0 amide bonds. The van der Waals surface area contributed by atoms with Crippen molar-refractivity contribution in [3.63, 3.8) is 0 Å². The number of aliphatic hydroxyl groups excluding tert-OH is 1. The third-order valence-electron chi connectivity index (χ3n) is 4.77. The first-order chi connectivity index (χ1) is 14.7. The second kappa shape index (κ2) is 9.21. The maximum atomic E-state index is 12.9. The number of hydrogen-bond acceptors (Lipinski definition) is 6. The number of aromatic nitrogens is 2. The molecule has 0 radical (unpaired) electrons. The number of benzene rings is 2. The van der Waals surface area contributed by atoms with Crippen molar-refractivity contribution in [1.82, 2.24) is 9.78 Å². The predicted octanol–water partition coefficient (Wildman–Crippen LogP) is 3.71. The van der Waals surface area contributed by atoms with E-state index in [0.717, 1.165) is 27.3 Å². The lowest BCUT2D eigenvalue weighted by molar-refractivity contribution is 0.0176. The van der Waals surface area contributed by atoms with Crippen molar-refractivity contribution in [3.05, 3.63) is 82.0 Å². The number of nitrogens with zero attached hydrogens (tertiary/aromatic N) is 2. The van der Waals surface area contributed by atoms with E-state index in [1.54, 1.807) is 24.5 Å². The molecule has 4 rings (SSSR count). The minimum absolute atomic E-state index is 0.0496. The van der Waals surface area contributed by atoms with Crippen LogP contribution in [0.1, 0.15) is 5.56 Å². The van der Waals surface area contributed by atoms with Gasteiger partial charge in [0.2, 0.25) is 0 Å². The molecule has 0 saturated heterocycles. The second-order valence-corrected chi connectivity index (χ2v) is 7.79. The molecule has 2 aromatic heterocycles.